The number of amides is 1. The molecule has 7 heteroatoms. The maximum absolute atomic E-state index is 13.0. The molecule has 0 spiro atoms. The van der Waals surface area contributed by atoms with Crippen molar-refractivity contribution in [2.45, 2.75) is 44.9 Å². The first-order chi connectivity index (χ1) is 11.1. The molecular weight excluding hydrogens is 323 g/mol. The van der Waals surface area contributed by atoms with Gasteiger partial charge in [0.2, 0.25) is 5.91 Å². The average Bonchev–Trinajstić information content (AvgIpc) is 2.48. The number of rotatable bonds is 1. The molecular formula is C17H18F3NO3. The molecule has 1 fully saturated rings. The van der Waals surface area contributed by atoms with E-state index in [1.54, 1.807) is 13.8 Å². The molecule has 0 unspecified atom stereocenters. The largest absolute Gasteiger partial charge is 0.506 e. The number of alkyl halides is 3. The highest BCUT2D eigenvalue weighted by atomic mass is 19.4. The number of halogens is 3. The molecule has 1 amide bonds. The summed E-state index contributed by atoms with van der Waals surface area (Å²) in [7, 11) is 0. The van der Waals surface area contributed by atoms with Gasteiger partial charge in [-0.2, -0.15) is 13.2 Å². The van der Waals surface area contributed by atoms with Gasteiger partial charge in [0.1, 0.15) is 5.75 Å². The van der Waals surface area contributed by atoms with Gasteiger partial charge in [-0.1, -0.05) is 0 Å². The van der Waals surface area contributed by atoms with Gasteiger partial charge in [-0.25, -0.2) is 0 Å². The number of ether oxygens (including phenoxy) is 1. The molecule has 0 atom stereocenters. The topological polar surface area (TPSA) is 49.8 Å². The Kier molecular flexibility index (Phi) is 3.77. The summed E-state index contributed by atoms with van der Waals surface area (Å²) in [5, 5.41) is 10.6. The normalized spacial score (nSPS) is 20.7. The molecule has 1 aromatic rings. The highest BCUT2D eigenvalue weighted by Gasteiger charge is 2.41. The fourth-order valence-corrected chi connectivity index (χ4v) is 3.03. The van der Waals surface area contributed by atoms with Crippen LogP contribution >= 0.6 is 0 Å². The minimum atomic E-state index is -4.49. The van der Waals surface area contributed by atoms with Crippen LogP contribution in [0.25, 0.3) is 5.70 Å². The van der Waals surface area contributed by atoms with Crippen LogP contribution < -0.4 is 4.74 Å². The monoisotopic (exact) mass is 341 g/mol. The summed E-state index contributed by atoms with van der Waals surface area (Å²) in [4.78, 5) is 13.7. The van der Waals surface area contributed by atoms with Crippen molar-refractivity contribution in [2.75, 3.05) is 6.54 Å². The lowest BCUT2D eigenvalue weighted by Gasteiger charge is -2.39. The van der Waals surface area contributed by atoms with E-state index in [0.717, 1.165) is 25.0 Å². The number of aliphatic hydroxyl groups is 1. The fourth-order valence-electron chi connectivity index (χ4n) is 3.03. The molecule has 0 aliphatic carbocycles. The van der Waals surface area contributed by atoms with Crippen LogP contribution in [0.15, 0.2) is 24.0 Å². The van der Waals surface area contributed by atoms with Crippen LogP contribution in [0, 0.1) is 0 Å². The van der Waals surface area contributed by atoms with Gasteiger partial charge in [0.25, 0.3) is 0 Å². The van der Waals surface area contributed by atoms with Gasteiger partial charge in [0.05, 0.1) is 11.3 Å². The summed E-state index contributed by atoms with van der Waals surface area (Å²) in [5.41, 5.74) is -1.50. The minimum absolute atomic E-state index is 0.0148. The van der Waals surface area contributed by atoms with Crippen molar-refractivity contribution >= 4 is 11.6 Å². The lowest BCUT2D eigenvalue weighted by atomic mass is 9.93. The summed E-state index contributed by atoms with van der Waals surface area (Å²) < 4.78 is 44.5. The number of carbonyl (C=O) groups is 1. The van der Waals surface area contributed by atoms with Gasteiger partial charge in [-0.3, -0.25) is 4.79 Å². The molecule has 0 radical (unpaired) electrons. The van der Waals surface area contributed by atoms with Crippen molar-refractivity contribution in [3.8, 4) is 5.75 Å². The molecule has 2 aliphatic heterocycles. The Morgan fingerprint density at radius 2 is 1.96 bits per heavy atom. The van der Waals surface area contributed by atoms with Gasteiger partial charge in [-0.15, -0.1) is 0 Å². The molecule has 130 valence electrons. The van der Waals surface area contributed by atoms with Gasteiger partial charge >= 0.3 is 6.18 Å². The van der Waals surface area contributed by atoms with E-state index in [2.05, 4.69) is 0 Å². The van der Waals surface area contributed by atoms with E-state index in [0.29, 0.717) is 18.5 Å². The molecule has 1 N–H and O–H groups in total. The SMILES string of the molecule is CC1(C)Oc2cc(C(F)(F)F)ccc2C(N2CCCCC2=O)=C1O. The van der Waals surface area contributed by atoms with E-state index in [9.17, 15) is 23.1 Å². The van der Waals surface area contributed by atoms with E-state index in [-0.39, 0.29) is 23.1 Å². The Morgan fingerprint density at radius 3 is 2.58 bits per heavy atom. The van der Waals surface area contributed by atoms with E-state index in [1.165, 1.54) is 11.0 Å². The smallest absolute Gasteiger partial charge is 0.416 e. The first-order valence-electron chi connectivity index (χ1n) is 7.76. The highest BCUT2D eigenvalue weighted by molar-refractivity contribution is 5.90. The molecule has 4 nitrogen and oxygen atoms in total. The molecule has 3 rings (SSSR count). The van der Waals surface area contributed by atoms with Crippen molar-refractivity contribution in [3.05, 3.63) is 35.1 Å². The Labute approximate surface area is 137 Å². The summed E-state index contributed by atoms with van der Waals surface area (Å²) in [6.45, 7) is 3.54. The van der Waals surface area contributed by atoms with Crippen LogP contribution in [0.1, 0.15) is 44.2 Å². The minimum Gasteiger partial charge on any atom is -0.506 e. The molecule has 0 bridgehead atoms. The van der Waals surface area contributed by atoms with Crippen molar-refractivity contribution in [1.82, 2.24) is 4.90 Å². The van der Waals surface area contributed by atoms with Crippen LogP contribution in [-0.4, -0.2) is 28.1 Å². The summed E-state index contributed by atoms with van der Waals surface area (Å²) >= 11 is 0. The second-order valence-corrected chi connectivity index (χ2v) is 6.52. The molecule has 0 saturated carbocycles. The van der Waals surface area contributed by atoms with Gasteiger partial charge in [0, 0.05) is 18.5 Å². The number of aliphatic hydroxyl groups excluding tert-OH is 1. The number of piperidine rings is 1. The molecule has 1 saturated heterocycles. The third-order valence-electron chi connectivity index (χ3n) is 4.32. The fraction of sp³-hybridized carbons (Fsp3) is 0.471. The van der Waals surface area contributed by atoms with Crippen molar-refractivity contribution in [3.63, 3.8) is 0 Å². The Bertz CT molecular complexity index is 722. The number of likely N-dealkylation sites (tertiary alicyclic amines) is 1. The van der Waals surface area contributed by atoms with Gasteiger partial charge in [-0.05, 0) is 44.9 Å². The lowest BCUT2D eigenvalue weighted by molar-refractivity contribution is -0.138. The average molecular weight is 341 g/mol. The van der Waals surface area contributed by atoms with Gasteiger partial charge < -0.3 is 14.7 Å². The van der Waals surface area contributed by atoms with Crippen LogP contribution in [-0.2, 0) is 11.0 Å². The van der Waals surface area contributed by atoms with Crippen molar-refractivity contribution in [1.29, 1.82) is 0 Å². The molecule has 0 aromatic heterocycles. The van der Waals surface area contributed by atoms with Crippen LogP contribution in [0.5, 0.6) is 5.75 Å². The van der Waals surface area contributed by atoms with Crippen molar-refractivity contribution in [2.24, 2.45) is 0 Å². The number of carbonyl (C=O) groups excluding carboxylic acids is 1. The predicted octanol–water partition coefficient (Wildman–Crippen LogP) is 4.12. The summed E-state index contributed by atoms with van der Waals surface area (Å²) in [6, 6.07) is 3.10. The predicted molar refractivity (Wildman–Crippen MR) is 81.3 cm³/mol. The zero-order valence-corrected chi connectivity index (χ0v) is 13.4. The Hall–Kier alpha value is -2.18. The van der Waals surface area contributed by atoms with E-state index in [1.807, 2.05) is 0 Å². The molecule has 1 aromatic carbocycles. The molecule has 2 heterocycles. The van der Waals surface area contributed by atoms with E-state index < -0.39 is 17.3 Å². The second-order valence-electron chi connectivity index (χ2n) is 6.52. The maximum Gasteiger partial charge on any atom is 0.416 e. The third-order valence-corrected chi connectivity index (χ3v) is 4.32. The van der Waals surface area contributed by atoms with E-state index >= 15 is 0 Å². The number of hydrogen-bond acceptors (Lipinski definition) is 3. The van der Waals surface area contributed by atoms with E-state index in [4.69, 9.17) is 4.74 Å². The zero-order chi connectivity index (χ0) is 17.7. The Balaban J connectivity index is 2.15. The molecule has 2 aliphatic rings. The van der Waals surface area contributed by atoms with Crippen LogP contribution in [0.2, 0.25) is 0 Å². The maximum atomic E-state index is 13.0. The molecule has 24 heavy (non-hydrogen) atoms. The number of hydrogen-bond donors (Lipinski definition) is 1. The number of nitrogens with zero attached hydrogens (tertiary/aromatic N) is 1. The number of fused-ring (bicyclic) bond motifs is 1. The first-order valence-corrected chi connectivity index (χ1v) is 7.76. The second kappa shape index (κ2) is 5.43. The lowest BCUT2D eigenvalue weighted by Crippen LogP contribution is -2.42. The van der Waals surface area contributed by atoms with Crippen LogP contribution in [0.3, 0.4) is 0 Å². The summed E-state index contributed by atoms with van der Waals surface area (Å²) in [6.07, 6.45) is -2.59. The van der Waals surface area contributed by atoms with Crippen LogP contribution in [0.4, 0.5) is 13.2 Å². The quantitative estimate of drug-likeness (QED) is 0.836. The highest BCUT2D eigenvalue weighted by Crippen LogP contribution is 2.44. The van der Waals surface area contributed by atoms with Crippen molar-refractivity contribution < 1.29 is 27.8 Å². The third kappa shape index (κ3) is 2.72. The first kappa shape index (κ1) is 16.7. The van der Waals surface area contributed by atoms with Gasteiger partial charge in [0.15, 0.2) is 11.4 Å². The number of benzene rings is 1. The standard InChI is InChI=1S/C17H18F3NO3/c1-16(2)15(23)14(21-8-4-3-5-13(21)22)11-7-6-10(17(18,19)20)9-12(11)24-16/h6-7,9,23H,3-5,8H2,1-2H3. The zero-order valence-electron chi connectivity index (χ0n) is 13.4. The Morgan fingerprint density at radius 1 is 1.25 bits per heavy atom. The summed E-state index contributed by atoms with van der Waals surface area (Å²) in [5.74, 6) is -0.280.